The number of anilines is 1. The Morgan fingerprint density at radius 3 is 2.27 bits per heavy atom. The van der Waals surface area contributed by atoms with E-state index in [0.717, 1.165) is 17.8 Å². The second-order valence-corrected chi connectivity index (χ2v) is 7.76. The molecule has 0 saturated carbocycles. The summed E-state index contributed by atoms with van der Waals surface area (Å²) in [5.74, 6) is -1.71. The molecule has 190 valence electrons. The topological polar surface area (TPSA) is 128 Å². The Kier molecular flexibility index (Phi) is 6.53. The number of carbonyl (C=O) groups excluding carboxylic acids is 1. The molecule has 4 rings (SSSR count). The number of alkyl halides is 3. The van der Waals surface area contributed by atoms with Gasteiger partial charge in [0, 0.05) is 31.5 Å². The van der Waals surface area contributed by atoms with E-state index < -0.39 is 46.5 Å². The van der Waals surface area contributed by atoms with Crippen LogP contribution in [0.2, 0.25) is 0 Å². The molecule has 1 amide bonds. The molecule has 2 aromatic carbocycles. The number of benzene rings is 2. The summed E-state index contributed by atoms with van der Waals surface area (Å²) in [6.07, 6.45) is -3.74. The van der Waals surface area contributed by atoms with E-state index in [1.807, 2.05) is 0 Å². The molecular weight excluding hydrogens is 495 g/mol. The fourth-order valence-corrected chi connectivity index (χ4v) is 3.40. The zero-order valence-electron chi connectivity index (χ0n) is 19.3. The molecule has 2 aromatic heterocycles. The average molecular weight is 513 g/mol. The normalized spacial score (nSPS) is 11.3. The van der Waals surface area contributed by atoms with Crippen LogP contribution in [0.4, 0.5) is 18.9 Å². The Hall–Kier alpha value is -4.94. The number of rotatable bonds is 5. The number of aromatic nitrogens is 4. The average Bonchev–Trinajstić information content (AvgIpc) is 2.87. The van der Waals surface area contributed by atoms with Crippen LogP contribution in [0.15, 0.2) is 70.4 Å². The van der Waals surface area contributed by atoms with Gasteiger partial charge in [-0.15, -0.1) is 0 Å². The number of hydrogen-bond acceptors (Lipinski definition) is 7. The zero-order chi connectivity index (χ0) is 26.9. The number of amides is 1. The van der Waals surface area contributed by atoms with Crippen molar-refractivity contribution in [1.82, 2.24) is 19.1 Å². The minimum Gasteiger partial charge on any atom is -0.494 e. The first-order valence-electron chi connectivity index (χ1n) is 10.5. The first-order chi connectivity index (χ1) is 17.5. The molecule has 0 atom stereocenters. The van der Waals surface area contributed by atoms with E-state index in [4.69, 9.17) is 4.74 Å². The molecule has 0 spiro atoms. The van der Waals surface area contributed by atoms with Crippen LogP contribution < -0.4 is 21.3 Å². The molecular formula is C24H18F3N5O5. The molecule has 0 aliphatic carbocycles. The standard InChI is InChI=1S/C24H18F3N5O5/c1-31-20(34)17(21(35)32(2)23(31)36)19(33)29-14-8-10-15(11-9-14)37-22-28-12-16(13-6-4-3-5-7-13)18(30-22)24(25,26)27/h3-12,34H,1-2H3,(H,29,33). The highest BCUT2D eigenvalue weighted by Crippen LogP contribution is 2.36. The van der Waals surface area contributed by atoms with Crippen LogP contribution in [0.25, 0.3) is 11.1 Å². The van der Waals surface area contributed by atoms with Gasteiger partial charge in [-0.3, -0.25) is 18.7 Å². The third kappa shape index (κ3) is 5.05. The van der Waals surface area contributed by atoms with Crippen molar-refractivity contribution >= 4 is 11.6 Å². The summed E-state index contributed by atoms with van der Waals surface area (Å²) in [6, 6.07) is 12.7. The maximum absolute atomic E-state index is 13.6. The van der Waals surface area contributed by atoms with Gasteiger partial charge in [-0.2, -0.15) is 18.2 Å². The molecule has 37 heavy (non-hydrogen) atoms. The SMILES string of the molecule is Cn1c(O)c(C(=O)Nc2ccc(Oc3ncc(-c4ccccc4)c(C(F)(F)F)n3)cc2)c(=O)n(C)c1=O. The molecule has 0 fully saturated rings. The highest BCUT2D eigenvalue weighted by Gasteiger charge is 2.37. The van der Waals surface area contributed by atoms with Crippen LogP contribution in [-0.2, 0) is 20.3 Å². The second-order valence-electron chi connectivity index (χ2n) is 7.76. The monoisotopic (exact) mass is 513 g/mol. The highest BCUT2D eigenvalue weighted by molar-refractivity contribution is 6.05. The lowest BCUT2D eigenvalue weighted by atomic mass is 10.1. The van der Waals surface area contributed by atoms with E-state index >= 15 is 0 Å². The first kappa shape index (κ1) is 25.2. The van der Waals surface area contributed by atoms with E-state index in [1.165, 1.54) is 43.4 Å². The Labute approximate surface area is 206 Å². The minimum atomic E-state index is -4.76. The molecule has 0 aliphatic heterocycles. The van der Waals surface area contributed by atoms with Crippen molar-refractivity contribution in [3.05, 3.63) is 92.9 Å². The Balaban J connectivity index is 1.55. The summed E-state index contributed by atoms with van der Waals surface area (Å²) in [7, 11) is 2.35. The lowest BCUT2D eigenvalue weighted by molar-refractivity contribution is -0.140. The number of ether oxygens (including phenoxy) is 1. The van der Waals surface area contributed by atoms with Crippen molar-refractivity contribution in [2.24, 2.45) is 14.1 Å². The largest absolute Gasteiger partial charge is 0.494 e. The van der Waals surface area contributed by atoms with Crippen LogP contribution in [0.5, 0.6) is 17.6 Å². The predicted octanol–water partition coefficient (Wildman–Crippen LogP) is 3.31. The molecule has 0 unspecified atom stereocenters. The van der Waals surface area contributed by atoms with Gasteiger partial charge in [-0.25, -0.2) is 9.78 Å². The Morgan fingerprint density at radius 1 is 1.00 bits per heavy atom. The van der Waals surface area contributed by atoms with Crippen molar-refractivity contribution in [2.75, 3.05) is 5.32 Å². The molecule has 2 N–H and O–H groups in total. The van der Waals surface area contributed by atoms with Gasteiger partial charge in [0.2, 0.25) is 5.88 Å². The maximum atomic E-state index is 13.6. The third-order valence-corrected chi connectivity index (χ3v) is 5.30. The number of halogens is 3. The van der Waals surface area contributed by atoms with E-state index in [2.05, 4.69) is 15.3 Å². The van der Waals surface area contributed by atoms with E-state index in [-0.39, 0.29) is 17.0 Å². The smallest absolute Gasteiger partial charge is 0.434 e. The van der Waals surface area contributed by atoms with Gasteiger partial charge < -0.3 is 15.2 Å². The van der Waals surface area contributed by atoms with Crippen molar-refractivity contribution < 1.29 is 27.8 Å². The molecule has 10 nitrogen and oxygen atoms in total. The van der Waals surface area contributed by atoms with E-state index in [0.29, 0.717) is 10.1 Å². The van der Waals surface area contributed by atoms with Gasteiger partial charge >= 0.3 is 17.9 Å². The van der Waals surface area contributed by atoms with Crippen molar-refractivity contribution in [1.29, 1.82) is 0 Å². The quantitative estimate of drug-likeness (QED) is 0.419. The highest BCUT2D eigenvalue weighted by atomic mass is 19.4. The number of aromatic hydroxyl groups is 1. The zero-order valence-corrected chi connectivity index (χ0v) is 19.3. The predicted molar refractivity (Wildman–Crippen MR) is 126 cm³/mol. The van der Waals surface area contributed by atoms with Gasteiger partial charge in [0.25, 0.3) is 11.5 Å². The summed E-state index contributed by atoms with van der Waals surface area (Å²) >= 11 is 0. The number of nitrogens with one attached hydrogen (secondary N) is 1. The summed E-state index contributed by atoms with van der Waals surface area (Å²) in [5, 5.41) is 12.5. The van der Waals surface area contributed by atoms with Crippen LogP contribution in [0.1, 0.15) is 16.1 Å². The fraction of sp³-hybridized carbons (Fsp3) is 0.125. The minimum absolute atomic E-state index is 0.0689. The van der Waals surface area contributed by atoms with Gasteiger partial charge in [-0.05, 0) is 29.8 Å². The van der Waals surface area contributed by atoms with Gasteiger partial charge in [0.15, 0.2) is 11.3 Å². The van der Waals surface area contributed by atoms with Crippen molar-refractivity contribution in [3.63, 3.8) is 0 Å². The summed E-state index contributed by atoms with van der Waals surface area (Å²) in [5.41, 5.74) is -3.35. The first-order valence-corrected chi connectivity index (χ1v) is 10.5. The number of carbonyl (C=O) groups is 1. The third-order valence-electron chi connectivity index (χ3n) is 5.30. The molecule has 13 heteroatoms. The molecule has 0 aliphatic rings. The maximum Gasteiger partial charge on any atom is 0.434 e. The van der Waals surface area contributed by atoms with E-state index in [1.54, 1.807) is 18.2 Å². The Morgan fingerprint density at radius 2 is 1.65 bits per heavy atom. The fourth-order valence-electron chi connectivity index (χ4n) is 3.40. The van der Waals surface area contributed by atoms with Gasteiger partial charge in [-0.1, -0.05) is 30.3 Å². The van der Waals surface area contributed by atoms with E-state index in [9.17, 15) is 32.7 Å². The molecule has 2 heterocycles. The van der Waals surface area contributed by atoms with Crippen LogP contribution in [0, 0.1) is 0 Å². The number of nitrogens with zero attached hydrogens (tertiary/aromatic N) is 4. The van der Waals surface area contributed by atoms with Crippen molar-refractivity contribution in [3.8, 4) is 28.8 Å². The van der Waals surface area contributed by atoms with Crippen LogP contribution in [-0.4, -0.2) is 30.1 Å². The summed E-state index contributed by atoms with van der Waals surface area (Å²) < 4.78 is 47.7. The molecule has 0 saturated heterocycles. The molecule has 0 radical (unpaired) electrons. The van der Waals surface area contributed by atoms with Gasteiger partial charge in [0.05, 0.1) is 0 Å². The molecule has 0 bridgehead atoms. The summed E-state index contributed by atoms with van der Waals surface area (Å²) in [4.78, 5) is 44.1. The summed E-state index contributed by atoms with van der Waals surface area (Å²) in [6.45, 7) is 0. The number of hydrogen-bond donors (Lipinski definition) is 2. The Bertz CT molecular complexity index is 1600. The molecule has 4 aromatic rings. The van der Waals surface area contributed by atoms with Crippen LogP contribution in [0.3, 0.4) is 0 Å². The van der Waals surface area contributed by atoms with Crippen LogP contribution >= 0.6 is 0 Å². The van der Waals surface area contributed by atoms with Crippen molar-refractivity contribution in [2.45, 2.75) is 6.18 Å². The lowest BCUT2D eigenvalue weighted by Gasteiger charge is -2.13. The lowest BCUT2D eigenvalue weighted by Crippen LogP contribution is -2.40. The van der Waals surface area contributed by atoms with Gasteiger partial charge in [0.1, 0.15) is 5.75 Å². The second kappa shape index (κ2) is 9.60.